The molecule has 3 atom stereocenters. The zero-order valence-corrected chi connectivity index (χ0v) is 15.0. The minimum atomic E-state index is 0.114. The summed E-state index contributed by atoms with van der Waals surface area (Å²) in [7, 11) is 0. The van der Waals surface area contributed by atoms with Crippen LogP contribution in [0.25, 0.3) is 0 Å². The Morgan fingerprint density at radius 3 is 2.70 bits per heavy atom. The van der Waals surface area contributed by atoms with Crippen molar-refractivity contribution >= 4 is 17.7 Å². The van der Waals surface area contributed by atoms with Crippen LogP contribution in [-0.4, -0.2) is 65.6 Å². The molecule has 23 heavy (non-hydrogen) atoms. The van der Waals surface area contributed by atoms with Gasteiger partial charge < -0.3 is 14.1 Å². The minimum Gasteiger partial charge on any atom is -0.465 e. The van der Waals surface area contributed by atoms with Gasteiger partial charge in [0.25, 0.3) is 0 Å². The molecule has 2 saturated heterocycles. The second kappa shape index (κ2) is 7.28. The molecule has 0 spiro atoms. The van der Waals surface area contributed by atoms with E-state index in [2.05, 4.69) is 4.90 Å². The van der Waals surface area contributed by atoms with Crippen molar-refractivity contribution in [3.63, 3.8) is 0 Å². The van der Waals surface area contributed by atoms with Crippen molar-refractivity contribution in [2.75, 3.05) is 37.7 Å². The van der Waals surface area contributed by atoms with Gasteiger partial charge in [-0.2, -0.15) is 11.8 Å². The molecule has 0 N–H and O–H groups in total. The zero-order chi connectivity index (χ0) is 16.4. The van der Waals surface area contributed by atoms with Crippen molar-refractivity contribution in [3.8, 4) is 0 Å². The number of thioether (sulfide) groups is 1. The lowest BCUT2D eigenvalue weighted by Crippen LogP contribution is -2.52. The number of hydrogen-bond donors (Lipinski definition) is 0. The lowest BCUT2D eigenvalue weighted by Gasteiger charge is -2.38. The van der Waals surface area contributed by atoms with Crippen LogP contribution >= 0.6 is 11.8 Å². The number of carbonyl (C=O) groups excluding carboxylic acids is 1. The van der Waals surface area contributed by atoms with Crippen LogP contribution in [-0.2, 0) is 9.53 Å². The first-order valence-corrected chi connectivity index (χ1v) is 9.49. The maximum atomic E-state index is 12.7. The predicted octanol–water partition coefficient (Wildman–Crippen LogP) is 2.31. The van der Waals surface area contributed by atoms with E-state index in [-0.39, 0.29) is 24.2 Å². The van der Waals surface area contributed by atoms with Gasteiger partial charge in [0.15, 0.2) is 0 Å². The van der Waals surface area contributed by atoms with Crippen molar-refractivity contribution in [1.29, 1.82) is 0 Å². The second-order valence-electron chi connectivity index (χ2n) is 6.57. The number of nitrogens with zero attached hydrogens (tertiary/aromatic N) is 2. The van der Waals surface area contributed by atoms with Gasteiger partial charge in [-0.05, 0) is 32.9 Å². The minimum absolute atomic E-state index is 0.114. The summed E-state index contributed by atoms with van der Waals surface area (Å²) in [5.41, 5.74) is 0. The Kier molecular flexibility index (Phi) is 5.34. The molecule has 0 saturated carbocycles. The topological polar surface area (TPSA) is 45.9 Å². The predicted molar refractivity (Wildman–Crippen MR) is 91.7 cm³/mol. The van der Waals surface area contributed by atoms with Crippen LogP contribution in [0.15, 0.2) is 16.5 Å². The van der Waals surface area contributed by atoms with E-state index in [1.165, 1.54) is 0 Å². The molecule has 2 aliphatic rings. The van der Waals surface area contributed by atoms with Gasteiger partial charge in [0.2, 0.25) is 5.91 Å². The summed E-state index contributed by atoms with van der Waals surface area (Å²) in [6, 6.07) is 4.24. The molecule has 3 rings (SSSR count). The molecule has 3 heterocycles. The van der Waals surface area contributed by atoms with E-state index in [9.17, 15) is 4.79 Å². The van der Waals surface area contributed by atoms with Gasteiger partial charge in [-0.3, -0.25) is 9.69 Å². The molecule has 5 nitrogen and oxygen atoms in total. The average molecular weight is 338 g/mol. The molecule has 2 fully saturated rings. The summed E-state index contributed by atoms with van der Waals surface area (Å²) in [6.45, 7) is 8.79. The maximum absolute atomic E-state index is 12.7. The van der Waals surface area contributed by atoms with Crippen molar-refractivity contribution in [2.24, 2.45) is 0 Å². The third-order valence-corrected chi connectivity index (χ3v) is 5.46. The summed E-state index contributed by atoms with van der Waals surface area (Å²) < 4.78 is 11.5. The summed E-state index contributed by atoms with van der Waals surface area (Å²) in [6.07, 6.45) is 0.228. The third-order valence-electron chi connectivity index (χ3n) is 4.44. The third kappa shape index (κ3) is 4.11. The molecule has 6 heteroatoms. The first-order valence-electron chi connectivity index (χ1n) is 8.34. The molecular weight excluding hydrogens is 312 g/mol. The number of amides is 1. The van der Waals surface area contributed by atoms with Gasteiger partial charge in [-0.15, -0.1) is 0 Å². The normalized spacial score (nSPS) is 29.7. The Morgan fingerprint density at radius 1 is 1.30 bits per heavy atom. The van der Waals surface area contributed by atoms with Crippen LogP contribution < -0.4 is 0 Å². The van der Waals surface area contributed by atoms with Crippen LogP contribution in [0.2, 0.25) is 0 Å². The SMILES string of the molecule is Cc1ccc([C@@H]2CSCCN2CC(=O)N2C[C@@H](C)O[C@H](C)C2)o1. The van der Waals surface area contributed by atoms with Gasteiger partial charge in [-0.25, -0.2) is 0 Å². The Balaban J connectivity index is 1.65. The van der Waals surface area contributed by atoms with Gasteiger partial charge in [0.05, 0.1) is 24.8 Å². The molecular formula is C17H26N2O3S. The standard InChI is InChI=1S/C17H26N2O3S/c1-12-4-5-16(22-12)15-11-23-7-6-18(15)10-17(20)19-8-13(2)21-14(3)9-19/h4-5,13-15H,6-11H2,1-3H3/t13-,14-,15+/m1/s1. The summed E-state index contributed by atoms with van der Waals surface area (Å²) >= 11 is 1.93. The van der Waals surface area contributed by atoms with E-state index in [1.54, 1.807) is 0 Å². The lowest BCUT2D eigenvalue weighted by molar-refractivity contribution is -0.144. The van der Waals surface area contributed by atoms with Crippen LogP contribution in [0, 0.1) is 6.92 Å². The van der Waals surface area contributed by atoms with Gasteiger partial charge in [-0.1, -0.05) is 0 Å². The summed E-state index contributed by atoms with van der Waals surface area (Å²) in [4.78, 5) is 16.9. The van der Waals surface area contributed by atoms with Crippen LogP contribution in [0.1, 0.15) is 31.4 Å². The average Bonchev–Trinajstić information content (AvgIpc) is 2.93. The van der Waals surface area contributed by atoms with Gasteiger partial charge in [0, 0.05) is 31.1 Å². The molecule has 2 aliphatic heterocycles. The van der Waals surface area contributed by atoms with E-state index in [0.29, 0.717) is 19.6 Å². The van der Waals surface area contributed by atoms with Crippen molar-refractivity contribution in [1.82, 2.24) is 9.80 Å². The maximum Gasteiger partial charge on any atom is 0.236 e. The lowest BCUT2D eigenvalue weighted by atomic mass is 10.2. The number of morpholine rings is 1. The molecule has 0 aromatic carbocycles. The number of ether oxygens (including phenoxy) is 1. The van der Waals surface area contributed by atoms with Crippen molar-refractivity contribution in [3.05, 3.63) is 23.7 Å². The van der Waals surface area contributed by atoms with Crippen LogP contribution in [0.5, 0.6) is 0 Å². The molecule has 1 aromatic heterocycles. The first kappa shape index (κ1) is 16.9. The molecule has 0 unspecified atom stereocenters. The van der Waals surface area contributed by atoms with Crippen LogP contribution in [0.4, 0.5) is 0 Å². The zero-order valence-electron chi connectivity index (χ0n) is 14.2. The van der Waals surface area contributed by atoms with Crippen molar-refractivity contribution in [2.45, 2.75) is 39.0 Å². The number of rotatable bonds is 3. The fourth-order valence-corrected chi connectivity index (χ4v) is 4.51. The number of furan rings is 1. The van der Waals surface area contributed by atoms with Gasteiger partial charge >= 0.3 is 0 Å². The Hall–Kier alpha value is -0.980. The Bertz CT molecular complexity index is 538. The molecule has 128 valence electrons. The first-order chi connectivity index (χ1) is 11.0. The van der Waals surface area contributed by atoms with E-state index in [0.717, 1.165) is 29.6 Å². The number of aryl methyl sites for hydroxylation is 1. The highest BCUT2D eigenvalue weighted by Gasteiger charge is 2.31. The van der Waals surface area contributed by atoms with E-state index in [4.69, 9.17) is 9.15 Å². The van der Waals surface area contributed by atoms with E-state index >= 15 is 0 Å². The molecule has 0 aliphatic carbocycles. The Morgan fingerprint density at radius 2 is 2.04 bits per heavy atom. The highest BCUT2D eigenvalue weighted by molar-refractivity contribution is 7.99. The highest BCUT2D eigenvalue weighted by atomic mass is 32.2. The number of hydrogen-bond acceptors (Lipinski definition) is 5. The van der Waals surface area contributed by atoms with E-state index < -0.39 is 0 Å². The molecule has 0 bridgehead atoms. The largest absolute Gasteiger partial charge is 0.465 e. The number of carbonyl (C=O) groups is 1. The van der Waals surface area contributed by atoms with E-state index in [1.807, 2.05) is 49.6 Å². The second-order valence-corrected chi connectivity index (χ2v) is 7.72. The monoisotopic (exact) mass is 338 g/mol. The molecule has 0 radical (unpaired) electrons. The Labute approximate surface area is 142 Å². The molecule has 1 aromatic rings. The van der Waals surface area contributed by atoms with Crippen molar-refractivity contribution < 1.29 is 13.9 Å². The van der Waals surface area contributed by atoms with Gasteiger partial charge in [0.1, 0.15) is 11.5 Å². The van der Waals surface area contributed by atoms with Crippen LogP contribution in [0.3, 0.4) is 0 Å². The summed E-state index contributed by atoms with van der Waals surface area (Å²) in [5.74, 6) is 4.16. The summed E-state index contributed by atoms with van der Waals surface area (Å²) in [5, 5.41) is 0. The smallest absolute Gasteiger partial charge is 0.236 e. The highest BCUT2D eigenvalue weighted by Crippen LogP contribution is 2.30. The fraction of sp³-hybridized carbons (Fsp3) is 0.706. The quantitative estimate of drug-likeness (QED) is 0.846. The fourth-order valence-electron chi connectivity index (χ4n) is 3.38. The molecule has 1 amide bonds.